The Kier molecular flexibility index (Phi) is 3.63. The molecule has 4 nitrogen and oxygen atoms in total. The van der Waals surface area contributed by atoms with E-state index in [0.717, 1.165) is 0 Å². The molecule has 0 saturated carbocycles. The maximum absolute atomic E-state index is 10.4. The van der Waals surface area contributed by atoms with E-state index in [4.69, 9.17) is 0 Å². The Bertz CT molecular complexity index is 209. The second-order valence-corrected chi connectivity index (χ2v) is 1.52. The third kappa shape index (κ3) is 1.83. The minimum Gasteiger partial charge on any atom is -0.876 e. The fourth-order valence-corrected chi connectivity index (χ4v) is 0.499. The standard InChI is InChI=1S/C5H5NO3.Na/c1-3-6-4(2-7)5(8)9-3;/h2,7H,1H3;/q;+1/p-1/b4-2+;. The Morgan fingerprint density at radius 1 is 1.70 bits per heavy atom. The molecule has 0 saturated heterocycles. The third-order valence-corrected chi connectivity index (χ3v) is 0.839. The van der Waals surface area contributed by atoms with Crippen LogP contribution >= 0.6 is 0 Å². The van der Waals surface area contributed by atoms with Crippen LogP contribution in [-0.4, -0.2) is 11.9 Å². The van der Waals surface area contributed by atoms with Crippen molar-refractivity contribution in [2.45, 2.75) is 6.92 Å². The van der Waals surface area contributed by atoms with Crippen molar-refractivity contribution in [3.63, 3.8) is 0 Å². The molecule has 0 aromatic heterocycles. The number of ether oxygens (including phenoxy) is 1. The van der Waals surface area contributed by atoms with Gasteiger partial charge < -0.3 is 9.84 Å². The molecule has 0 fully saturated rings. The Morgan fingerprint density at radius 3 is 2.50 bits per heavy atom. The zero-order valence-electron chi connectivity index (χ0n) is 5.75. The van der Waals surface area contributed by atoms with Crippen LogP contribution in [-0.2, 0) is 9.53 Å². The summed E-state index contributed by atoms with van der Waals surface area (Å²) < 4.78 is 4.41. The normalized spacial score (nSPS) is 19.9. The van der Waals surface area contributed by atoms with Crippen LogP contribution in [0.25, 0.3) is 0 Å². The van der Waals surface area contributed by atoms with Crippen molar-refractivity contribution in [3.8, 4) is 0 Å². The van der Waals surface area contributed by atoms with Crippen LogP contribution in [0.5, 0.6) is 0 Å². The van der Waals surface area contributed by atoms with Crippen molar-refractivity contribution < 1.29 is 44.2 Å². The summed E-state index contributed by atoms with van der Waals surface area (Å²) in [7, 11) is 0. The van der Waals surface area contributed by atoms with Gasteiger partial charge in [0, 0.05) is 6.92 Å². The summed E-state index contributed by atoms with van der Waals surface area (Å²) in [5.74, 6) is -0.440. The molecule has 0 aromatic carbocycles. The molecule has 0 unspecified atom stereocenters. The van der Waals surface area contributed by atoms with Gasteiger partial charge in [-0.25, -0.2) is 9.79 Å². The van der Waals surface area contributed by atoms with Crippen molar-refractivity contribution in [1.29, 1.82) is 0 Å². The minimum atomic E-state index is -0.664. The molecular formula is C5H4NNaO3. The molecule has 0 amide bonds. The van der Waals surface area contributed by atoms with Crippen molar-refractivity contribution in [2.24, 2.45) is 4.99 Å². The van der Waals surface area contributed by atoms with Crippen LogP contribution in [0.2, 0.25) is 0 Å². The summed E-state index contributed by atoms with van der Waals surface area (Å²) >= 11 is 0. The number of hydrogen-bond donors (Lipinski definition) is 0. The van der Waals surface area contributed by atoms with Gasteiger partial charge in [-0.05, 0) is 0 Å². The first-order valence-corrected chi connectivity index (χ1v) is 2.33. The summed E-state index contributed by atoms with van der Waals surface area (Å²) in [4.78, 5) is 13.9. The molecule has 1 aliphatic rings. The molecule has 1 rings (SSSR count). The van der Waals surface area contributed by atoms with Gasteiger partial charge in [0.15, 0.2) is 5.90 Å². The predicted octanol–water partition coefficient (Wildman–Crippen LogP) is -3.83. The van der Waals surface area contributed by atoms with E-state index in [-0.39, 0.29) is 41.2 Å². The van der Waals surface area contributed by atoms with Gasteiger partial charge in [0.05, 0.1) is 0 Å². The average Bonchev–Trinajstić information content (AvgIpc) is 2.10. The largest absolute Gasteiger partial charge is 1.00 e. The van der Waals surface area contributed by atoms with Gasteiger partial charge in [-0.2, -0.15) is 0 Å². The van der Waals surface area contributed by atoms with E-state index in [1.807, 2.05) is 0 Å². The van der Waals surface area contributed by atoms with Crippen molar-refractivity contribution >= 4 is 11.9 Å². The molecule has 0 aliphatic carbocycles. The van der Waals surface area contributed by atoms with Crippen LogP contribution in [0.3, 0.4) is 0 Å². The fourth-order valence-electron chi connectivity index (χ4n) is 0.499. The SMILES string of the molecule is CC1=N/C(=C/[O-])C(=O)O1.[Na+]. The fraction of sp³-hybridized carbons (Fsp3) is 0.200. The molecular weight excluding hydrogens is 145 g/mol. The summed E-state index contributed by atoms with van der Waals surface area (Å²) in [5.41, 5.74) is -0.160. The Morgan fingerprint density at radius 2 is 2.30 bits per heavy atom. The maximum atomic E-state index is 10.4. The molecule has 1 heterocycles. The molecule has 5 heteroatoms. The van der Waals surface area contributed by atoms with E-state index in [0.29, 0.717) is 6.26 Å². The van der Waals surface area contributed by atoms with Crippen LogP contribution in [0, 0.1) is 0 Å². The van der Waals surface area contributed by atoms with Crippen LogP contribution in [0.15, 0.2) is 17.0 Å². The zero-order chi connectivity index (χ0) is 6.85. The van der Waals surface area contributed by atoms with Crippen LogP contribution in [0.4, 0.5) is 0 Å². The number of rotatable bonds is 0. The van der Waals surface area contributed by atoms with Gasteiger partial charge in [0.25, 0.3) is 0 Å². The topological polar surface area (TPSA) is 61.7 Å². The van der Waals surface area contributed by atoms with Crippen LogP contribution < -0.4 is 34.7 Å². The summed E-state index contributed by atoms with van der Waals surface area (Å²) in [6, 6.07) is 0. The summed E-state index contributed by atoms with van der Waals surface area (Å²) in [6.45, 7) is 1.51. The van der Waals surface area contributed by atoms with Gasteiger partial charge in [0.2, 0.25) is 0 Å². The van der Waals surface area contributed by atoms with E-state index in [1.165, 1.54) is 6.92 Å². The molecule has 0 atom stereocenters. The van der Waals surface area contributed by atoms with Gasteiger partial charge in [-0.1, -0.05) is 0 Å². The Hall–Kier alpha value is -0.320. The quantitative estimate of drug-likeness (QED) is 0.153. The number of esters is 1. The number of carbonyl (C=O) groups excluding carboxylic acids is 1. The van der Waals surface area contributed by atoms with E-state index >= 15 is 0 Å². The third-order valence-electron chi connectivity index (χ3n) is 0.839. The van der Waals surface area contributed by atoms with Crippen molar-refractivity contribution in [3.05, 3.63) is 12.0 Å². The molecule has 48 valence electrons. The van der Waals surface area contributed by atoms with Crippen molar-refractivity contribution in [1.82, 2.24) is 0 Å². The Labute approximate surface area is 79.9 Å². The van der Waals surface area contributed by atoms with Gasteiger partial charge in [-0.15, -0.1) is 6.26 Å². The number of aliphatic imine (C=N–C) groups is 1. The van der Waals surface area contributed by atoms with Gasteiger partial charge in [-0.3, -0.25) is 0 Å². The van der Waals surface area contributed by atoms with Gasteiger partial charge >= 0.3 is 35.5 Å². The van der Waals surface area contributed by atoms with E-state index in [1.54, 1.807) is 0 Å². The molecule has 0 spiro atoms. The number of nitrogens with zero attached hydrogens (tertiary/aromatic N) is 1. The first-order valence-electron chi connectivity index (χ1n) is 2.33. The van der Waals surface area contributed by atoms with Gasteiger partial charge in [0.1, 0.15) is 5.70 Å². The smallest absolute Gasteiger partial charge is 0.876 e. The molecule has 0 radical (unpaired) electrons. The zero-order valence-corrected chi connectivity index (χ0v) is 7.75. The minimum absolute atomic E-state index is 0. The molecule has 1 aliphatic heterocycles. The first-order chi connectivity index (χ1) is 4.24. The second kappa shape index (κ2) is 3.75. The predicted molar refractivity (Wildman–Crippen MR) is 27.3 cm³/mol. The molecule has 0 aromatic rings. The number of carbonyl (C=O) groups is 1. The molecule has 0 N–H and O–H groups in total. The first kappa shape index (κ1) is 9.68. The van der Waals surface area contributed by atoms with E-state index < -0.39 is 5.97 Å². The average molecular weight is 149 g/mol. The summed E-state index contributed by atoms with van der Waals surface area (Å²) in [6.07, 6.45) is 0.374. The van der Waals surface area contributed by atoms with Crippen molar-refractivity contribution in [2.75, 3.05) is 0 Å². The summed E-state index contributed by atoms with van der Waals surface area (Å²) in [5, 5.41) is 9.92. The second-order valence-electron chi connectivity index (χ2n) is 1.52. The Balaban J connectivity index is 0.000000810. The van der Waals surface area contributed by atoms with E-state index in [9.17, 15) is 9.90 Å². The monoisotopic (exact) mass is 149 g/mol. The maximum Gasteiger partial charge on any atom is 1.00 e. The number of hydrogen-bond acceptors (Lipinski definition) is 4. The van der Waals surface area contributed by atoms with E-state index in [2.05, 4.69) is 9.73 Å². The number of cyclic esters (lactones) is 1. The van der Waals surface area contributed by atoms with Crippen LogP contribution in [0.1, 0.15) is 6.92 Å². The molecule has 0 bridgehead atoms. The molecule has 10 heavy (non-hydrogen) atoms.